The molecule has 3 rings (SSSR count). The van der Waals surface area contributed by atoms with Gasteiger partial charge in [0.15, 0.2) is 0 Å². The van der Waals surface area contributed by atoms with Crippen LogP contribution in [-0.4, -0.2) is 6.54 Å². The Morgan fingerprint density at radius 2 is 1.70 bits per heavy atom. The summed E-state index contributed by atoms with van der Waals surface area (Å²) in [5.74, 6) is 0. The second kappa shape index (κ2) is 5.41. The molecular weight excluding hydrogens is 242 g/mol. The highest BCUT2D eigenvalue weighted by molar-refractivity contribution is 5.32. The summed E-state index contributed by atoms with van der Waals surface area (Å²) in [7, 11) is 0. The molecule has 0 saturated carbocycles. The summed E-state index contributed by atoms with van der Waals surface area (Å²) in [5, 5.41) is 0. The predicted molar refractivity (Wildman–Crippen MR) is 84.8 cm³/mol. The normalized spacial score (nSPS) is 21.5. The van der Waals surface area contributed by atoms with E-state index in [9.17, 15) is 0 Å². The fourth-order valence-electron chi connectivity index (χ4n) is 3.40. The maximum atomic E-state index is 6.17. The molecule has 20 heavy (non-hydrogen) atoms. The van der Waals surface area contributed by atoms with Crippen molar-refractivity contribution in [3.63, 3.8) is 0 Å². The van der Waals surface area contributed by atoms with E-state index in [4.69, 9.17) is 5.73 Å². The van der Waals surface area contributed by atoms with Gasteiger partial charge < -0.3 is 5.73 Å². The molecule has 0 saturated heterocycles. The predicted octanol–water partition coefficient (Wildman–Crippen LogP) is 3.67. The van der Waals surface area contributed by atoms with Crippen LogP contribution in [0.3, 0.4) is 0 Å². The van der Waals surface area contributed by atoms with Crippen molar-refractivity contribution in [2.75, 3.05) is 6.54 Å². The van der Waals surface area contributed by atoms with Crippen molar-refractivity contribution >= 4 is 0 Å². The number of hydrogen-bond donors (Lipinski definition) is 1. The van der Waals surface area contributed by atoms with Gasteiger partial charge in [-0.2, -0.15) is 0 Å². The molecule has 0 spiro atoms. The van der Waals surface area contributed by atoms with Crippen molar-refractivity contribution in [2.24, 2.45) is 11.1 Å². The van der Waals surface area contributed by atoms with Gasteiger partial charge in [0.2, 0.25) is 0 Å². The molecule has 0 fully saturated rings. The van der Waals surface area contributed by atoms with Crippen molar-refractivity contribution in [1.82, 2.24) is 0 Å². The lowest BCUT2D eigenvalue weighted by atomic mass is 9.68. The van der Waals surface area contributed by atoms with Crippen LogP contribution in [0.2, 0.25) is 0 Å². The Morgan fingerprint density at radius 3 is 2.40 bits per heavy atom. The molecule has 0 bridgehead atoms. The van der Waals surface area contributed by atoms with Crippen LogP contribution in [0.5, 0.6) is 0 Å². The number of nitrogens with two attached hydrogens (primary N) is 1. The third-order valence-corrected chi connectivity index (χ3v) is 4.74. The minimum atomic E-state index is 0.240. The van der Waals surface area contributed by atoms with Gasteiger partial charge >= 0.3 is 0 Å². The Kier molecular flexibility index (Phi) is 3.62. The summed E-state index contributed by atoms with van der Waals surface area (Å²) < 4.78 is 0. The zero-order valence-electron chi connectivity index (χ0n) is 12.2. The topological polar surface area (TPSA) is 26.0 Å². The molecule has 0 amide bonds. The van der Waals surface area contributed by atoms with Gasteiger partial charge in [-0.25, -0.2) is 0 Å². The SMILES string of the molecule is Cc1ccc(CC2(CN)CCc3ccccc3C2)cc1. The van der Waals surface area contributed by atoms with Crippen LogP contribution >= 0.6 is 0 Å². The first-order chi connectivity index (χ1) is 9.71. The van der Waals surface area contributed by atoms with Crippen LogP contribution in [0.25, 0.3) is 0 Å². The molecule has 2 aromatic rings. The molecule has 0 heterocycles. The summed E-state index contributed by atoms with van der Waals surface area (Å²) in [5.41, 5.74) is 12.2. The minimum Gasteiger partial charge on any atom is -0.330 e. The molecule has 1 aliphatic rings. The summed E-state index contributed by atoms with van der Waals surface area (Å²) in [4.78, 5) is 0. The Bertz CT molecular complexity index is 585. The quantitative estimate of drug-likeness (QED) is 0.900. The molecule has 1 aliphatic carbocycles. The van der Waals surface area contributed by atoms with E-state index < -0.39 is 0 Å². The van der Waals surface area contributed by atoms with Gasteiger partial charge in [0.25, 0.3) is 0 Å². The first-order valence-corrected chi connectivity index (χ1v) is 7.53. The lowest BCUT2D eigenvalue weighted by molar-refractivity contribution is 0.254. The molecule has 104 valence electrons. The van der Waals surface area contributed by atoms with Gasteiger partial charge in [0.05, 0.1) is 0 Å². The maximum Gasteiger partial charge on any atom is -0.00140 e. The first-order valence-electron chi connectivity index (χ1n) is 7.53. The number of rotatable bonds is 3. The molecule has 0 aromatic heterocycles. The third kappa shape index (κ3) is 2.64. The molecule has 2 N–H and O–H groups in total. The lowest BCUT2D eigenvalue weighted by Crippen LogP contribution is -2.38. The average molecular weight is 265 g/mol. The first kappa shape index (κ1) is 13.4. The van der Waals surface area contributed by atoms with Crippen LogP contribution in [-0.2, 0) is 19.3 Å². The van der Waals surface area contributed by atoms with E-state index in [0.717, 1.165) is 19.4 Å². The zero-order valence-corrected chi connectivity index (χ0v) is 12.2. The molecule has 1 unspecified atom stereocenters. The maximum absolute atomic E-state index is 6.17. The summed E-state index contributed by atoms with van der Waals surface area (Å²) >= 11 is 0. The standard InChI is InChI=1S/C19H23N/c1-15-6-8-16(9-7-15)12-19(14-20)11-10-17-4-2-3-5-18(17)13-19/h2-9H,10-14,20H2,1H3. The number of fused-ring (bicyclic) bond motifs is 1. The highest BCUT2D eigenvalue weighted by Crippen LogP contribution is 2.37. The van der Waals surface area contributed by atoms with Crippen molar-refractivity contribution in [3.05, 3.63) is 70.8 Å². The molecule has 1 nitrogen and oxygen atoms in total. The average Bonchev–Trinajstić information content (AvgIpc) is 2.49. The molecule has 1 heteroatoms. The van der Waals surface area contributed by atoms with Crippen LogP contribution < -0.4 is 5.73 Å². The summed E-state index contributed by atoms with van der Waals surface area (Å²) in [6, 6.07) is 17.8. The smallest absolute Gasteiger partial charge is 0.00140 e. The van der Waals surface area contributed by atoms with Gasteiger partial charge in [0.1, 0.15) is 0 Å². The van der Waals surface area contributed by atoms with Crippen LogP contribution in [0, 0.1) is 12.3 Å². The Balaban J connectivity index is 1.84. The van der Waals surface area contributed by atoms with Gasteiger partial charge in [-0.3, -0.25) is 0 Å². The molecular formula is C19H23N. The second-order valence-electron chi connectivity index (χ2n) is 6.31. The number of hydrogen-bond acceptors (Lipinski definition) is 1. The molecule has 2 aromatic carbocycles. The Morgan fingerprint density at radius 1 is 1.00 bits per heavy atom. The van der Waals surface area contributed by atoms with Crippen LogP contribution in [0.4, 0.5) is 0 Å². The van der Waals surface area contributed by atoms with Gasteiger partial charge in [-0.1, -0.05) is 54.1 Å². The number of aryl methyl sites for hydroxylation is 2. The minimum absolute atomic E-state index is 0.240. The summed E-state index contributed by atoms with van der Waals surface area (Å²) in [6.07, 6.45) is 4.58. The highest BCUT2D eigenvalue weighted by atomic mass is 14.6. The number of benzene rings is 2. The zero-order chi connectivity index (χ0) is 14.0. The van der Waals surface area contributed by atoms with E-state index in [0.29, 0.717) is 0 Å². The fraction of sp³-hybridized carbons (Fsp3) is 0.368. The van der Waals surface area contributed by atoms with Crippen molar-refractivity contribution in [1.29, 1.82) is 0 Å². The van der Waals surface area contributed by atoms with E-state index in [1.165, 1.54) is 35.1 Å². The molecule has 0 radical (unpaired) electrons. The van der Waals surface area contributed by atoms with Gasteiger partial charge in [-0.05, 0) is 61.3 Å². The van der Waals surface area contributed by atoms with E-state index in [1.54, 1.807) is 0 Å². The summed E-state index contributed by atoms with van der Waals surface area (Å²) in [6.45, 7) is 2.91. The van der Waals surface area contributed by atoms with E-state index in [2.05, 4.69) is 55.5 Å². The van der Waals surface area contributed by atoms with Crippen LogP contribution in [0.1, 0.15) is 28.7 Å². The van der Waals surface area contributed by atoms with E-state index in [-0.39, 0.29) is 5.41 Å². The van der Waals surface area contributed by atoms with Crippen molar-refractivity contribution < 1.29 is 0 Å². The van der Waals surface area contributed by atoms with Crippen molar-refractivity contribution in [3.8, 4) is 0 Å². The Labute approximate surface area is 121 Å². The van der Waals surface area contributed by atoms with E-state index in [1.807, 2.05) is 0 Å². The van der Waals surface area contributed by atoms with E-state index >= 15 is 0 Å². The second-order valence-corrected chi connectivity index (χ2v) is 6.31. The monoisotopic (exact) mass is 265 g/mol. The van der Waals surface area contributed by atoms with Gasteiger partial charge in [-0.15, -0.1) is 0 Å². The molecule has 0 aliphatic heterocycles. The fourth-order valence-corrected chi connectivity index (χ4v) is 3.40. The largest absolute Gasteiger partial charge is 0.330 e. The lowest BCUT2D eigenvalue weighted by Gasteiger charge is -2.37. The molecule has 1 atom stereocenters. The van der Waals surface area contributed by atoms with Crippen LogP contribution in [0.15, 0.2) is 48.5 Å². The highest BCUT2D eigenvalue weighted by Gasteiger charge is 2.33. The van der Waals surface area contributed by atoms with Crippen molar-refractivity contribution in [2.45, 2.75) is 32.6 Å². The third-order valence-electron chi connectivity index (χ3n) is 4.74. The Hall–Kier alpha value is -1.60. The van der Waals surface area contributed by atoms with Gasteiger partial charge in [0, 0.05) is 0 Å².